The highest BCUT2D eigenvalue weighted by atomic mass is 31.1. The Kier molecular flexibility index (Phi) is 21.6. The van der Waals surface area contributed by atoms with Crippen molar-refractivity contribution < 1.29 is 18.8 Å². The highest BCUT2D eigenvalue weighted by Crippen LogP contribution is 2.06. The zero-order chi connectivity index (χ0) is 22.1. The van der Waals surface area contributed by atoms with Gasteiger partial charge in [0.1, 0.15) is 6.61 Å². The lowest BCUT2D eigenvalue weighted by atomic mass is 10.2. The predicted molar refractivity (Wildman–Crippen MR) is 124 cm³/mol. The zero-order valence-electron chi connectivity index (χ0n) is 18.1. The van der Waals surface area contributed by atoms with Gasteiger partial charge in [0.25, 0.3) is 0 Å². The third-order valence-electron chi connectivity index (χ3n) is 3.76. The van der Waals surface area contributed by atoms with Crippen molar-refractivity contribution >= 4 is 14.2 Å². The summed E-state index contributed by atoms with van der Waals surface area (Å²) in [6.45, 7) is 2.32. The molecule has 30 heavy (non-hydrogen) atoms. The first-order chi connectivity index (χ1) is 14.7. The van der Waals surface area contributed by atoms with Gasteiger partial charge in [-0.1, -0.05) is 79.8 Å². The number of nitrogens with one attached hydrogen (secondary N) is 1. The SMILES string of the molecule is CCC=CCC=CCC=CCC=CCC=CCC=CCCC(=O)NCCO[P+](=O)[O-]. The molecule has 0 aromatic carbocycles. The minimum atomic E-state index is -2.84. The van der Waals surface area contributed by atoms with Gasteiger partial charge in [0.2, 0.25) is 5.91 Å². The quantitative estimate of drug-likeness (QED) is 0.173. The molecule has 6 heteroatoms. The van der Waals surface area contributed by atoms with Crippen LogP contribution in [-0.4, -0.2) is 19.1 Å². The summed E-state index contributed by atoms with van der Waals surface area (Å²) in [5.74, 6) is -0.112. The fraction of sp³-hybridized carbons (Fsp3) is 0.458. The Morgan fingerprint density at radius 2 is 1.23 bits per heavy atom. The summed E-state index contributed by atoms with van der Waals surface area (Å²) in [5, 5.41) is 2.60. The highest BCUT2D eigenvalue weighted by Gasteiger charge is 2.02. The maximum absolute atomic E-state index is 11.5. The van der Waals surface area contributed by atoms with Crippen molar-refractivity contribution in [1.29, 1.82) is 0 Å². The maximum Gasteiger partial charge on any atom is 0.488 e. The Hall–Kier alpha value is -2.07. The van der Waals surface area contributed by atoms with Crippen molar-refractivity contribution in [3.8, 4) is 0 Å². The lowest BCUT2D eigenvalue weighted by Crippen LogP contribution is -2.26. The van der Waals surface area contributed by atoms with E-state index in [4.69, 9.17) is 0 Å². The smallest absolute Gasteiger partial charge is 0.488 e. The van der Waals surface area contributed by atoms with Gasteiger partial charge in [-0.3, -0.25) is 4.79 Å². The first-order valence-corrected chi connectivity index (χ1v) is 11.7. The molecule has 0 saturated heterocycles. The highest BCUT2D eigenvalue weighted by molar-refractivity contribution is 7.30. The van der Waals surface area contributed by atoms with E-state index in [1.165, 1.54) is 0 Å². The summed E-state index contributed by atoms with van der Waals surface area (Å²) in [6.07, 6.45) is 32.6. The van der Waals surface area contributed by atoms with Gasteiger partial charge in [0, 0.05) is 13.0 Å². The zero-order valence-corrected chi connectivity index (χ0v) is 19.0. The second-order valence-corrected chi connectivity index (χ2v) is 7.07. The van der Waals surface area contributed by atoms with Crippen LogP contribution in [0.5, 0.6) is 0 Å². The number of carbonyl (C=O) groups is 1. The van der Waals surface area contributed by atoms with E-state index in [9.17, 15) is 14.3 Å². The Morgan fingerprint density at radius 3 is 1.67 bits per heavy atom. The van der Waals surface area contributed by atoms with Crippen molar-refractivity contribution in [3.05, 3.63) is 72.9 Å². The monoisotopic (exact) mass is 433 g/mol. The molecule has 1 N–H and O–H groups in total. The van der Waals surface area contributed by atoms with Crippen LogP contribution in [0.15, 0.2) is 72.9 Å². The summed E-state index contributed by atoms with van der Waals surface area (Å²) in [6, 6.07) is 0. The fourth-order valence-corrected chi connectivity index (χ4v) is 2.49. The molecule has 0 heterocycles. The molecule has 0 spiro atoms. The Morgan fingerprint density at radius 1 is 0.800 bits per heavy atom. The van der Waals surface area contributed by atoms with Gasteiger partial charge in [0.05, 0.1) is 0 Å². The van der Waals surface area contributed by atoms with Gasteiger partial charge < -0.3 is 10.2 Å². The molecule has 0 fully saturated rings. The van der Waals surface area contributed by atoms with Crippen molar-refractivity contribution in [3.63, 3.8) is 0 Å². The van der Waals surface area contributed by atoms with Crippen molar-refractivity contribution in [2.45, 2.75) is 58.3 Å². The Balaban J connectivity index is 3.56. The standard InChI is InChI=1S/C24H36NO4P/c1-2-3-4-5-6-7-8-9-10-11-12-13-14-15-16-17-18-19-20-21-24(26)25-22-23-29-30(27)28/h3-4,6-7,9-10,12-13,15-16,18-19H,2,5,8,11,14,17,20-23H2,1H3,(H,25,26). The summed E-state index contributed by atoms with van der Waals surface area (Å²) < 4.78 is 14.5. The minimum absolute atomic E-state index is 0.0235. The van der Waals surface area contributed by atoms with Crippen LogP contribution in [0.1, 0.15) is 58.3 Å². The second kappa shape index (κ2) is 23.2. The molecule has 0 radical (unpaired) electrons. The molecule has 0 aliphatic carbocycles. The molecule has 1 amide bonds. The van der Waals surface area contributed by atoms with E-state index in [0.717, 1.165) is 38.5 Å². The number of rotatable bonds is 18. The maximum atomic E-state index is 11.5. The van der Waals surface area contributed by atoms with E-state index in [0.29, 0.717) is 12.8 Å². The van der Waals surface area contributed by atoms with Crippen LogP contribution in [0.4, 0.5) is 0 Å². The number of carbonyl (C=O) groups excluding carboxylic acids is 1. The molecular weight excluding hydrogens is 397 g/mol. The summed E-state index contributed by atoms with van der Waals surface area (Å²) >= 11 is 0. The predicted octanol–water partition coefficient (Wildman–Crippen LogP) is 5.61. The van der Waals surface area contributed by atoms with Crippen molar-refractivity contribution in [2.75, 3.05) is 13.2 Å². The molecule has 0 aromatic heterocycles. The molecule has 1 atom stereocenters. The van der Waals surface area contributed by atoms with E-state index in [1.54, 1.807) is 0 Å². The fourth-order valence-electron chi connectivity index (χ4n) is 2.25. The summed E-state index contributed by atoms with van der Waals surface area (Å²) in [7, 11) is -2.84. The molecule has 1 unspecified atom stereocenters. The molecule has 0 saturated carbocycles. The first kappa shape index (κ1) is 27.9. The first-order valence-electron chi connectivity index (χ1n) is 10.6. The number of hydrogen-bond acceptors (Lipinski definition) is 4. The van der Waals surface area contributed by atoms with Crippen LogP contribution in [0.25, 0.3) is 0 Å². The average Bonchev–Trinajstić information content (AvgIpc) is 2.72. The molecule has 5 nitrogen and oxygen atoms in total. The third-order valence-corrected chi connectivity index (χ3v) is 4.15. The van der Waals surface area contributed by atoms with Gasteiger partial charge >= 0.3 is 8.25 Å². The Bertz CT molecular complexity index is 619. The van der Waals surface area contributed by atoms with Crippen molar-refractivity contribution in [1.82, 2.24) is 5.32 Å². The molecule has 166 valence electrons. The van der Waals surface area contributed by atoms with Crippen LogP contribution in [0.3, 0.4) is 0 Å². The van der Waals surface area contributed by atoms with Gasteiger partial charge in [0.15, 0.2) is 0 Å². The second-order valence-electron chi connectivity index (χ2n) is 6.36. The largest absolute Gasteiger partial charge is 0.566 e. The van der Waals surface area contributed by atoms with Crippen LogP contribution >= 0.6 is 8.25 Å². The van der Waals surface area contributed by atoms with Crippen LogP contribution in [0.2, 0.25) is 0 Å². The van der Waals surface area contributed by atoms with Crippen molar-refractivity contribution in [2.24, 2.45) is 0 Å². The number of hydrogen-bond donors (Lipinski definition) is 1. The topological polar surface area (TPSA) is 78.5 Å². The van der Waals surface area contributed by atoms with E-state index < -0.39 is 8.25 Å². The molecular formula is C24H36NO4P. The van der Waals surface area contributed by atoms with E-state index in [1.807, 2.05) is 12.2 Å². The molecule has 0 aliphatic rings. The molecule has 0 aromatic rings. The Labute approximate surface area is 182 Å². The molecule has 0 bridgehead atoms. The number of amides is 1. The summed E-state index contributed by atoms with van der Waals surface area (Å²) in [5.41, 5.74) is 0. The van der Waals surface area contributed by atoms with Gasteiger partial charge in [-0.15, -0.1) is 4.52 Å². The van der Waals surface area contributed by atoms with E-state index >= 15 is 0 Å². The minimum Gasteiger partial charge on any atom is -0.566 e. The lowest BCUT2D eigenvalue weighted by molar-refractivity contribution is -0.185. The average molecular weight is 434 g/mol. The van der Waals surface area contributed by atoms with Gasteiger partial charge in [-0.2, -0.15) is 0 Å². The normalized spacial score (nSPS) is 13.2. The third kappa shape index (κ3) is 24.0. The van der Waals surface area contributed by atoms with Gasteiger partial charge in [-0.25, -0.2) is 0 Å². The number of allylic oxidation sites excluding steroid dienone is 12. The lowest BCUT2D eigenvalue weighted by Gasteiger charge is -2.00. The molecule has 0 rings (SSSR count). The van der Waals surface area contributed by atoms with Gasteiger partial charge in [-0.05, 0) is 49.5 Å². The summed E-state index contributed by atoms with van der Waals surface area (Å²) in [4.78, 5) is 21.7. The van der Waals surface area contributed by atoms with Crippen LogP contribution < -0.4 is 10.2 Å². The van der Waals surface area contributed by atoms with Crippen LogP contribution in [0, 0.1) is 0 Å². The van der Waals surface area contributed by atoms with E-state index in [2.05, 4.69) is 77.5 Å². The van der Waals surface area contributed by atoms with E-state index in [-0.39, 0.29) is 19.1 Å². The van der Waals surface area contributed by atoms with Crippen LogP contribution in [-0.2, 0) is 13.9 Å². The molecule has 0 aliphatic heterocycles.